The van der Waals surface area contributed by atoms with Gasteiger partial charge < -0.3 is 19.8 Å². The number of carbonyl (C=O) groups excluding carboxylic acids is 1. The highest BCUT2D eigenvalue weighted by Gasteiger charge is 2.15. The van der Waals surface area contributed by atoms with Crippen molar-refractivity contribution < 1.29 is 14.3 Å². The molecule has 1 saturated heterocycles. The third kappa shape index (κ3) is 4.47. The highest BCUT2D eigenvalue weighted by molar-refractivity contribution is 6.31. The van der Waals surface area contributed by atoms with Gasteiger partial charge in [0.2, 0.25) is 0 Å². The molecular formula is C17H21ClN2O3. The maximum atomic E-state index is 12.1. The number of benzene rings is 1. The summed E-state index contributed by atoms with van der Waals surface area (Å²) in [6.07, 6.45) is 3.24. The highest BCUT2D eigenvalue weighted by Crippen LogP contribution is 2.20. The second-order valence-electron chi connectivity index (χ2n) is 5.73. The Morgan fingerprint density at radius 2 is 2.35 bits per heavy atom. The van der Waals surface area contributed by atoms with Crippen LogP contribution in [0.25, 0.3) is 10.9 Å². The van der Waals surface area contributed by atoms with Gasteiger partial charge in [0.1, 0.15) is 5.69 Å². The molecule has 2 heterocycles. The number of aromatic amines is 1. The largest absolute Gasteiger partial charge is 0.379 e. The maximum Gasteiger partial charge on any atom is 0.267 e. The van der Waals surface area contributed by atoms with Gasteiger partial charge in [-0.3, -0.25) is 4.79 Å². The van der Waals surface area contributed by atoms with Crippen molar-refractivity contribution in [3.8, 4) is 0 Å². The van der Waals surface area contributed by atoms with E-state index in [2.05, 4.69) is 10.3 Å². The molecule has 6 heteroatoms. The molecule has 0 aliphatic carbocycles. The molecule has 1 amide bonds. The van der Waals surface area contributed by atoms with E-state index in [9.17, 15) is 4.79 Å². The van der Waals surface area contributed by atoms with Crippen molar-refractivity contribution in [1.82, 2.24) is 10.3 Å². The van der Waals surface area contributed by atoms with Crippen molar-refractivity contribution in [3.63, 3.8) is 0 Å². The normalized spacial score (nSPS) is 17.7. The minimum atomic E-state index is -0.114. The number of nitrogens with one attached hydrogen (secondary N) is 2. The van der Waals surface area contributed by atoms with E-state index >= 15 is 0 Å². The topological polar surface area (TPSA) is 63.4 Å². The van der Waals surface area contributed by atoms with Crippen molar-refractivity contribution >= 4 is 28.4 Å². The van der Waals surface area contributed by atoms with Gasteiger partial charge in [-0.15, -0.1) is 0 Å². The molecule has 0 radical (unpaired) electrons. The average molecular weight is 337 g/mol. The molecule has 23 heavy (non-hydrogen) atoms. The quantitative estimate of drug-likeness (QED) is 0.763. The van der Waals surface area contributed by atoms with Crippen molar-refractivity contribution in [3.05, 3.63) is 35.0 Å². The number of amides is 1. The molecule has 1 atom stereocenters. The number of hydrogen-bond acceptors (Lipinski definition) is 3. The van der Waals surface area contributed by atoms with Gasteiger partial charge in [0.05, 0.1) is 12.7 Å². The second-order valence-corrected chi connectivity index (χ2v) is 6.17. The lowest BCUT2D eigenvalue weighted by Gasteiger charge is -2.10. The van der Waals surface area contributed by atoms with Crippen molar-refractivity contribution in [2.45, 2.75) is 25.4 Å². The maximum absolute atomic E-state index is 12.1. The predicted molar refractivity (Wildman–Crippen MR) is 90.1 cm³/mol. The van der Waals surface area contributed by atoms with E-state index in [1.54, 1.807) is 6.07 Å². The number of ether oxygens (including phenoxy) is 2. The Balaban J connectivity index is 1.38. The van der Waals surface area contributed by atoms with Crippen molar-refractivity contribution in [1.29, 1.82) is 0 Å². The first-order valence-corrected chi connectivity index (χ1v) is 8.36. The van der Waals surface area contributed by atoms with Gasteiger partial charge in [0, 0.05) is 35.7 Å². The second kappa shape index (κ2) is 7.81. The third-order valence-corrected chi connectivity index (χ3v) is 4.14. The summed E-state index contributed by atoms with van der Waals surface area (Å²) in [5, 5.41) is 4.48. The van der Waals surface area contributed by atoms with Crippen LogP contribution in [0.3, 0.4) is 0 Å². The number of hydrogen-bond donors (Lipinski definition) is 2. The number of halogens is 1. The predicted octanol–water partition coefficient (Wildman–Crippen LogP) is 3.14. The molecular weight excluding hydrogens is 316 g/mol. The fourth-order valence-corrected chi connectivity index (χ4v) is 2.87. The monoisotopic (exact) mass is 336 g/mol. The van der Waals surface area contributed by atoms with E-state index in [4.69, 9.17) is 21.1 Å². The summed E-state index contributed by atoms with van der Waals surface area (Å²) in [5.41, 5.74) is 1.45. The first-order chi connectivity index (χ1) is 11.2. The van der Waals surface area contributed by atoms with Crippen LogP contribution >= 0.6 is 11.6 Å². The van der Waals surface area contributed by atoms with Gasteiger partial charge in [-0.1, -0.05) is 11.6 Å². The van der Waals surface area contributed by atoms with Gasteiger partial charge in [-0.2, -0.15) is 0 Å². The molecule has 124 valence electrons. The van der Waals surface area contributed by atoms with E-state index in [-0.39, 0.29) is 12.0 Å². The molecule has 5 nitrogen and oxygen atoms in total. The van der Waals surface area contributed by atoms with Gasteiger partial charge in [-0.25, -0.2) is 0 Å². The summed E-state index contributed by atoms with van der Waals surface area (Å²) in [6, 6.07) is 7.31. The van der Waals surface area contributed by atoms with Crippen LogP contribution in [0.2, 0.25) is 5.02 Å². The zero-order chi connectivity index (χ0) is 16.1. The Bertz CT molecular complexity index is 665. The molecule has 1 aliphatic rings. The van der Waals surface area contributed by atoms with E-state index in [0.29, 0.717) is 30.5 Å². The molecule has 2 N–H and O–H groups in total. The summed E-state index contributed by atoms with van der Waals surface area (Å²) >= 11 is 5.95. The van der Waals surface area contributed by atoms with Crippen LogP contribution in [0.4, 0.5) is 0 Å². The summed E-state index contributed by atoms with van der Waals surface area (Å²) < 4.78 is 11.1. The fourth-order valence-electron chi connectivity index (χ4n) is 2.69. The summed E-state index contributed by atoms with van der Waals surface area (Å²) in [6.45, 7) is 2.71. The Hall–Kier alpha value is -1.56. The van der Waals surface area contributed by atoms with Crippen LogP contribution in [0.5, 0.6) is 0 Å². The van der Waals surface area contributed by atoms with Crippen LogP contribution in [0.15, 0.2) is 24.3 Å². The van der Waals surface area contributed by atoms with Gasteiger partial charge in [0.25, 0.3) is 5.91 Å². The lowest BCUT2D eigenvalue weighted by atomic mass is 10.2. The molecule has 2 aromatic rings. The van der Waals surface area contributed by atoms with Gasteiger partial charge in [-0.05, 0) is 43.5 Å². The average Bonchev–Trinajstić information content (AvgIpc) is 3.19. The molecule has 1 fully saturated rings. The van der Waals surface area contributed by atoms with Crippen LogP contribution in [0.1, 0.15) is 29.8 Å². The SMILES string of the molecule is O=C(NCCCOCC1CCCO1)c1cc2cc(Cl)ccc2[nH]1. The molecule has 0 bridgehead atoms. The minimum absolute atomic E-state index is 0.114. The number of H-pyrrole nitrogens is 1. The molecule has 0 saturated carbocycles. The first-order valence-electron chi connectivity index (χ1n) is 7.98. The molecule has 1 unspecified atom stereocenters. The smallest absolute Gasteiger partial charge is 0.267 e. The minimum Gasteiger partial charge on any atom is -0.379 e. The molecule has 3 rings (SSSR count). The molecule has 1 aromatic heterocycles. The number of fused-ring (bicyclic) bond motifs is 1. The van der Waals surface area contributed by atoms with Gasteiger partial charge >= 0.3 is 0 Å². The zero-order valence-electron chi connectivity index (χ0n) is 12.9. The number of carbonyl (C=O) groups is 1. The van der Waals surface area contributed by atoms with E-state index < -0.39 is 0 Å². The van der Waals surface area contributed by atoms with Crippen LogP contribution in [-0.4, -0.2) is 43.4 Å². The number of aromatic nitrogens is 1. The molecule has 0 spiro atoms. The van der Waals surface area contributed by atoms with E-state index in [0.717, 1.165) is 36.8 Å². The lowest BCUT2D eigenvalue weighted by molar-refractivity contribution is 0.0166. The fraction of sp³-hybridized carbons (Fsp3) is 0.471. The van der Waals surface area contributed by atoms with E-state index in [1.165, 1.54) is 0 Å². The number of rotatable bonds is 7. The lowest BCUT2D eigenvalue weighted by Crippen LogP contribution is -2.26. The third-order valence-electron chi connectivity index (χ3n) is 3.91. The summed E-state index contributed by atoms with van der Waals surface area (Å²) in [4.78, 5) is 15.2. The van der Waals surface area contributed by atoms with Gasteiger partial charge in [0.15, 0.2) is 0 Å². The van der Waals surface area contributed by atoms with Crippen molar-refractivity contribution in [2.75, 3.05) is 26.4 Å². The molecule has 1 aliphatic heterocycles. The summed E-state index contributed by atoms with van der Waals surface area (Å²) in [5.74, 6) is -0.114. The highest BCUT2D eigenvalue weighted by atomic mass is 35.5. The van der Waals surface area contributed by atoms with Crippen molar-refractivity contribution in [2.24, 2.45) is 0 Å². The van der Waals surface area contributed by atoms with Crippen LogP contribution in [0, 0.1) is 0 Å². The Morgan fingerprint density at radius 3 is 3.17 bits per heavy atom. The summed E-state index contributed by atoms with van der Waals surface area (Å²) in [7, 11) is 0. The first kappa shape index (κ1) is 16.3. The Kier molecular flexibility index (Phi) is 5.54. The zero-order valence-corrected chi connectivity index (χ0v) is 13.7. The molecule has 1 aromatic carbocycles. The van der Waals surface area contributed by atoms with Crippen LogP contribution in [-0.2, 0) is 9.47 Å². The van der Waals surface area contributed by atoms with Crippen LogP contribution < -0.4 is 5.32 Å². The Morgan fingerprint density at radius 1 is 1.43 bits per heavy atom. The van der Waals surface area contributed by atoms with E-state index in [1.807, 2.05) is 18.2 Å². The Labute approximate surface area is 140 Å². The standard InChI is InChI=1S/C17H21ClN2O3/c18-13-4-5-15-12(9-13)10-16(20-15)17(21)19-6-2-7-22-11-14-3-1-8-23-14/h4-5,9-10,14,20H,1-3,6-8,11H2,(H,19,21).